The Bertz CT molecular complexity index is 371. The molecule has 0 saturated carbocycles. The number of anilines is 1. The van der Waals surface area contributed by atoms with E-state index in [0.29, 0.717) is 6.04 Å². The van der Waals surface area contributed by atoms with E-state index < -0.39 is 0 Å². The molecule has 4 nitrogen and oxygen atoms in total. The molecule has 1 unspecified atom stereocenters. The molecule has 19 heavy (non-hydrogen) atoms. The third-order valence-electron chi connectivity index (χ3n) is 3.63. The fourth-order valence-electron chi connectivity index (χ4n) is 2.51. The topological polar surface area (TPSA) is 31.4 Å². The Morgan fingerprint density at radius 2 is 2.05 bits per heavy atom. The lowest BCUT2D eigenvalue weighted by Gasteiger charge is -2.34. The van der Waals surface area contributed by atoms with Crippen LogP contribution in [0.5, 0.6) is 0 Å². The highest BCUT2D eigenvalue weighted by atomic mass is 32.1. The van der Waals surface area contributed by atoms with Crippen molar-refractivity contribution in [3.63, 3.8) is 0 Å². The Morgan fingerprint density at radius 1 is 1.32 bits per heavy atom. The van der Waals surface area contributed by atoms with Crippen molar-refractivity contribution < 1.29 is 0 Å². The maximum atomic E-state index is 4.60. The second-order valence-corrected chi connectivity index (χ2v) is 6.19. The number of hydrogen-bond donors (Lipinski definition) is 1. The van der Waals surface area contributed by atoms with Crippen molar-refractivity contribution in [1.82, 2.24) is 15.2 Å². The maximum Gasteiger partial charge on any atom is 0.185 e. The molecule has 0 amide bonds. The van der Waals surface area contributed by atoms with Crippen LogP contribution in [0.25, 0.3) is 0 Å². The number of thiazole rings is 1. The summed E-state index contributed by atoms with van der Waals surface area (Å²) in [7, 11) is 0. The van der Waals surface area contributed by atoms with Crippen molar-refractivity contribution in [3.8, 4) is 0 Å². The predicted octanol–water partition coefficient (Wildman–Crippen LogP) is 2.35. The Balaban J connectivity index is 1.89. The second-order valence-electron chi connectivity index (χ2n) is 5.15. The van der Waals surface area contributed by atoms with Crippen LogP contribution in [0.4, 0.5) is 5.13 Å². The minimum atomic E-state index is 0.414. The van der Waals surface area contributed by atoms with Gasteiger partial charge < -0.3 is 10.2 Å². The van der Waals surface area contributed by atoms with Crippen LogP contribution in [0, 0.1) is 0 Å². The number of nitrogens with zero attached hydrogens (tertiary/aromatic N) is 3. The highest BCUT2D eigenvalue weighted by molar-refractivity contribution is 7.15. The second kappa shape index (κ2) is 7.22. The van der Waals surface area contributed by atoms with Gasteiger partial charge in [-0.15, -0.1) is 11.3 Å². The van der Waals surface area contributed by atoms with Crippen LogP contribution >= 0.6 is 11.3 Å². The molecule has 1 aromatic rings. The molecule has 1 N–H and O–H groups in total. The lowest BCUT2D eigenvalue weighted by atomic mass is 10.3. The van der Waals surface area contributed by atoms with Gasteiger partial charge in [-0.25, -0.2) is 4.98 Å². The molecule has 1 fully saturated rings. The lowest BCUT2D eigenvalue weighted by Crippen LogP contribution is -2.46. The van der Waals surface area contributed by atoms with E-state index in [9.17, 15) is 0 Å². The molecule has 2 rings (SSSR count). The van der Waals surface area contributed by atoms with Gasteiger partial charge in [-0.05, 0) is 26.4 Å². The monoisotopic (exact) mass is 282 g/mol. The van der Waals surface area contributed by atoms with Gasteiger partial charge in [0.1, 0.15) is 0 Å². The van der Waals surface area contributed by atoms with Crippen molar-refractivity contribution in [3.05, 3.63) is 11.1 Å². The van der Waals surface area contributed by atoms with Crippen LogP contribution in [-0.2, 0) is 0 Å². The first-order valence-corrected chi connectivity index (χ1v) is 8.22. The summed E-state index contributed by atoms with van der Waals surface area (Å²) in [6, 6.07) is 0.414. The third-order valence-corrected chi connectivity index (χ3v) is 4.87. The Hall–Kier alpha value is -0.650. The van der Waals surface area contributed by atoms with Crippen molar-refractivity contribution >= 4 is 16.5 Å². The SMILES string of the molecule is CCCN1CCN(c2ncc(C(C)NCC)s2)CC1. The predicted molar refractivity (Wildman–Crippen MR) is 83.1 cm³/mol. The quantitative estimate of drug-likeness (QED) is 0.868. The lowest BCUT2D eigenvalue weighted by molar-refractivity contribution is 0.258. The van der Waals surface area contributed by atoms with Crippen LogP contribution in [0.1, 0.15) is 38.1 Å². The van der Waals surface area contributed by atoms with Crippen molar-refractivity contribution in [2.45, 2.75) is 33.2 Å². The van der Waals surface area contributed by atoms with Crippen LogP contribution in [0.3, 0.4) is 0 Å². The van der Waals surface area contributed by atoms with Crippen LogP contribution < -0.4 is 10.2 Å². The molecule has 1 aromatic heterocycles. The molecule has 1 aliphatic heterocycles. The fourth-order valence-corrected chi connectivity index (χ4v) is 3.50. The summed E-state index contributed by atoms with van der Waals surface area (Å²) in [6.45, 7) is 13.4. The third kappa shape index (κ3) is 3.91. The van der Waals surface area contributed by atoms with Crippen molar-refractivity contribution in [1.29, 1.82) is 0 Å². The zero-order valence-corrected chi connectivity index (χ0v) is 13.2. The summed E-state index contributed by atoms with van der Waals surface area (Å²) < 4.78 is 0. The van der Waals surface area contributed by atoms with Gasteiger partial charge in [0.15, 0.2) is 5.13 Å². The zero-order valence-electron chi connectivity index (χ0n) is 12.4. The van der Waals surface area contributed by atoms with Gasteiger partial charge in [-0.1, -0.05) is 13.8 Å². The average molecular weight is 282 g/mol. The van der Waals surface area contributed by atoms with Crippen LogP contribution in [-0.4, -0.2) is 49.2 Å². The largest absolute Gasteiger partial charge is 0.346 e. The molecule has 1 saturated heterocycles. The molecule has 0 aromatic carbocycles. The van der Waals surface area contributed by atoms with E-state index in [1.165, 1.54) is 36.1 Å². The number of aromatic nitrogens is 1. The number of piperazine rings is 1. The Kier molecular flexibility index (Phi) is 5.60. The van der Waals surface area contributed by atoms with E-state index >= 15 is 0 Å². The number of rotatable bonds is 6. The number of nitrogens with one attached hydrogen (secondary N) is 1. The molecule has 0 bridgehead atoms. The summed E-state index contributed by atoms with van der Waals surface area (Å²) in [6.07, 6.45) is 3.29. The molecule has 1 atom stereocenters. The van der Waals surface area contributed by atoms with Gasteiger partial charge >= 0.3 is 0 Å². The first-order valence-electron chi connectivity index (χ1n) is 7.41. The van der Waals surface area contributed by atoms with E-state index in [-0.39, 0.29) is 0 Å². The summed E-state index contributed by atoms with van der Waals surface area (Å²) in [5.41, 5.74) is 0. The first kappa shape index (κ1) is 14.8. The molecular weight excluding hydrogens is 256 g/mol. The molecular formula is C14H26N4S. The minimum absolute atomic E-state index is 0.414. The van der Waals surface area contributed by atoms with E-state index in [2.05, 4.69) is 40.9 Å². The molecule has 2 heterocycles. The molecule has 108 valence electrons. The van der Waals surface area contributed by atoms with Crippen molar-refractivity contribution in [2.24, 2.45) is 0 Å². The van der Waals surface area contributed by atoms with Crippen molar-refractivity contribution in [2.75, 3.05) is 44.2 Å². The van der Waals surface area contributed by atoms with Crippen LogP contribution in [0.15, 0.2) is 6.20 Å². The summed E-state index contributed by atoms with van der Waals surface area (Å²) in [5, 5.41) is 4.64. The summed E-state index contributed by atoms with van der Waals surface area (Å²) in [5.74, 6) is 0. The Labute approximate surface area is 120 Å². The maximum absolute atomic E-state index is 4.60. The standard InChI is InChI=1S/C14H26N4S/c1-4-6-17-7-9-18(10-8-17)14-16-11-13(19-14)12(3)15-5-2/h11-12,15H,4-10H2,1-3H3. The zero-order chi connectivity index (χ0) is 13.7. The Morgan fingerprint density at radius 3 is 2.68 bits per heavy atom. The fraction of sp³-hybridized carbons (Fsp3) is 0.786. The summed E-state index contributed by atoms with van der Waals surface area (Å²) >= 11 is 1.84. The first-order chi connectivity index (χ1) is 9.24. The van der Waals surface area contributed by atoms with E-state index in [1.807, 2.05) is 17.5 Å². The van der Waals surface area contributed by atoms with Gasteiger partial charge in [0.2, 0.25) is 0 Å². The smallest absolute Gasteiger partial charge is 0.185 e. The number of hydrogen-bond acceptors (Lipinski definition) is 5. The van der Waals surface area contributed by atoms with E-state index in [0.717, 1.165) is 19.6 Å². The molecule has 1 aliphatic rings. The van der Waals surface area contributed by atoms with Gasteiger partial charge in [-0.2, -0.15) is 0 Å². The highest BCUT2D eigenvalue weighted by Crippen LogP contribution is 2.27. The normalized spacial score (nSPS) is 18.8. The molecule has 0 aliphatic carbocycles. The summed E-state index contributed by atoms with van der Waals surface area (Å²) in [4.78, 5) is 10.9. The van der Waals surface area contributed by atoms with Gasteiger partial charge in [0.25, 0.3) is 0 Å². The average Bonchev–Trinajstić information content (AvgIpc) is 2.90. The highest BCUT2D eigenvalue weighted by Gasteiger charge is 2.19. The minimum Gasteiger partial charge on any atom is -0.346 e. The molecule has 0 spiro atoms. The van der Waals surface area contributed by atoms with Gasteiger partial charge in [0.05, 0.1) is 0 Å². The van der Waals surface area contributed by atoms with Crippen LogP contribution in [0.2, 0.25) is 0 Å². The van der Waals surface area contributed by atoms with E-state index in [1.54, 1.807) is 0 Å². The molecule has 0 radical (unpaired) electrons. The van der Waals surface area contributed by atoms with Gasteiger partial charge in [0, 0.05) is 43.3 Å². The van der Waals surface area contributed by atoms with Gasteiger partial charge in [-0.3, -0.25) is 4.90 Å². The van der Waals surface area contributed by atoms with E-state index in [4.69, 9.17) is 0 Å². The molecule has 5 heteroatoms.